The van der Waals surface area contributed by atoms with Gasteiger partial charge in [-0.15, -0.1) is 0 Å². The summed E-state index contributed by atoms with van der Waals surface area (Å²) >= 11 is 0. The molecule has 0 saturated carbocycles. The Bertz CT molecular complexity index is 442. The Morgan fingerprint density at radius 3 is 2.94 bits per heavy atom. The average molecular weight is 254 g/mol. The van der Waals surface area contributed by atoms with Crippen LogP contribution in [-0.4, -0.2) is 42.4 Å². The predicted octanol–water partition coefficient (Wildman–Crippen LogP) is -0.188. The van der Waals surface area contributed by atoms with E-state index in [4.69, 9.17) is 9.84 Å². The van der Waals surface area contributed by atoms with E-state index in [1.165, 1.54) is 12.3 Å². The van der Waals surface area contributed by atoms with Gasteiger partial charge in [-0.25, -0.2) is 0 Å². The van der Waals surface area contributed by atoms with Crippen molar-refractivity contribution >= 4 is 5.91 Å². The molecule has 0 spiro atoms. The van der Waals surface area contributed by atoms with Gasteiger partial charge in [0.1, 0.15) is 5.56 Å². The lowest BCUT2D eigenvalue weighted by Gasteiger charge is -2.05. The molecule has 0 aliphatic rings. The van der Waals surface area contributed by atoms with E-state index in [1.807, 2.05) is 0 Å². The third kappa shape index (κ3) is 4.68. The molecular formula is C12H18N2O4. The van der Waals surface area contributed by atoms with Crippen LogP contribution in [0, 0.1) is 6.92 Å². The van der Waals surface area contributed by atoms with Crippen molar-refractivity contribution < 1.29 is 14.6 Å². The van der Waals surface area contributed by atoms with E-state index >= 15 is 0 Å². The molecule has 0 radical (unpaired) electrons. The van der Waals surface area contributed by atoms with Gasteiger partial charge in [-0.05, 0) is 13.3 Å². The van der Waals surface area contributed by atoms with Crippen LogP contribution in [0.3, 0.4) is 0 Å². The standard InChI is InChI=1S/C12H18N2O4/c1-9-7-11(16)10(8-14-9)12(17)13-3-2-5-18-6-4-15/h7-8,15H,2-6H2,1H3,(H,13,17)(H,14,16). The van der Waals surface area contributed by atoms with Crippen LogP contribution < -0.4 is 10.7 Å². The van der Waals surface area contributed by atoms with Gasteiger partial charge in [0.15, 0.2) is 5.43 Å². The second kappa shape index (κ2) is 7.62. The van der Waals surface area contributed by atoms with Crippen LogP contribution in [0.25, 0.3) is 0 Å². The smallest absolute Gasteiger partial charge is 0.256 e. The van der Waals surface area contributed by atoms with E-state index in [-0.39, 0.29) is 17.6 Å². The molecule has 100 valence electrons. The monoisotopic (exact) mass is 254 g/mol. The number of amides is 1. The molecule has 18 heavy (non-hydrogen) atoms. The van der Waals surface area contributed by atoms with Crippen molar-refractivity contribution in [3.05, 3.63) is 33.7 Å². The van der Waals surface area contributed by atoms with Crippen molar-refractivity contribution in [1.29, 1.82) is 0 Å². The lowest BCUT2D eigenvalue weighted by Crippen LogP contribution is -2.30. The summed E-state index contributed by atoms with van der Waals surface area (Å²) in [7, 11) is 0. The maximum absolute atomic E-state index is 11.7. The van der Waals surface area contributed by atoms with Gasteiger partial charge < -0.3 is 20.1 Å². The van der Waals surface area contributed by atoms with Crippen molar-refractivity contribution in [3.63, 3.8) is 0 Å². The molecular weight excluding hydrogens is 236 g/mol. The summed E-state index contributed by atoms with van der Waals surface area (Å²) in [6, 6.07) is 1.39. The Morgan fingerprint density at radius 2 is 2.28 bits per heavy atom. The predicted molar refractivity (Wildman–Crippen MR) is 66.7 cm³/mol. The van der Waals surface area contributed by atoms with Gasteiger partial charge in [0.05, 0.1) is 13.2 Å². The highest BCUT2D eigenvalue weighted by molar-refractivity contribution is 5.93. The van der Waals surface area contributed by atoms with Gasteiger partial charge >= 0.3 is 0 Å². The molecule has 0 saturated heterocycles. The topological polar surface area (TPSA) is 91.4 Å². The maximum Gasteiger partial charge on any atom is 0.256 e. The second-order valence-corrected chi connectivity index (χ2v) is 3.84. The van der Waals surface area contributed by atoms with Gasteiger partial charge in [0.2, 0.25) is 0 Å². The summed E-state index contributed by atoms with van der Waals surface area (Å²) in [6.45, 7) is 2.93. The maximum atomic E-state index is 11.7. The van der Waals surface area contributed by atoms with Crippen molar-refractivity contribution in [2.75, 3.05) is 26.4 Å². The zero-order valence-corrected chi connectivity index (χ0v) is 10.4. The molecule has 0 atom stereocenters. The summed E-state index contributed by atoms with van der Waals surface area (Å²) in [5.74, 6) is -0.390. The van der Waals surface area contributed by atoms with E-state index in [9.17, 15) is 9.59 Å². The molecule has 0 aliphatic heterocycles. The molecule has 0 aromatic carbocycles. The summed E-state index contributed by atoms with van der Waals surface area (Å²) in [5, 5.41) is 11.1. The number of carbonyl (C=O) groups excluding carboxylic acids is 1. The highest BCUT2D eigenvalue weighted by atomic mass is 16.5. The third-order valence-corrected chi connectivity index (χ3v) is 2.29. The highest BCUT2D eigenvalue weighted by Crippen LogP contribution is 1.92. The molecule has 1 aromatic rings. The number of pyridine rings is 1. The normalized spacial score (nSPS) is 10.3. The molecule has 0 fully saturated rings. The van der Waals surface area contributed by atoms with Gasteiger partial charge in [0.25, 0.3) is 5.91 Å². The number of hydrogen-bond acceptors (Lipinski definition) is 4. The largest absolute Gasteiger partial charge is 0.394 e. The molecule has 6 heteroatoms. The molecule has 0 bridgehead atoms. The first-order valence-corrected chi connectivity index (χ1v) is 5.81. The number of aromatic nitrogens is 1. The lowest BCUT2D eigenvalue weighted by molar-refractivity contribution is 0.0867. The minimum Gasteiger partial charge on any atom is -0.394 e. The fraction of sp³-hybridized carbons (Fsp3) is 0.500. The first-order valence-electron chi connectivity index (χ1n) is 5.81. The zero-order chi connectivity index (χ0) is 13.4. The average Bonchev–Trinajstić information content (AvgIpc) is 2.33. The number of hydrogen-bond donors (Lipinski definition) is 3. The fourth-order valence-electron chi connectivity index (χ4n) is 1.39. The molecule has 3 N–H and O–H groups in total. The van der Waals surface area contributed by atoms with E-state index in [2.05, 4.69) is 10.3 Å². The van der Waals surface area contributed by atoms with Gasteiger partial charge in [-0.2, -0.15) is 0 Å². The number of ether oxygens (including phenoxy) is 1. The lowest BCUT2D eigenvalue weighted by atomic mass is 10.2. The third-order valence-electron chi connectivity index (χ3n) is 2.29. The SMILES string of the molecule is Cc1cc(=O)c(C(=O)NCCCOCCO)c[nH]1. The van der Waals surface area contributed by atoms with Crippen molar-refractivity contribution in [2.24, 2.45) is 0 Å². The fourth-order valence-corrected chi connectivity index (χ4v) is 1.39. The Labute approximate surface area is 105 Å². The first-order chi connectivity index (χ1) is 8.65. The quantitative estimate of drug-likeness (QED) is 0.588. The van der Waals surface area contributed by atoms with Crippen molar-refractivity contribution in [3.8, 4) is 0 Å². The Morgan fingerprint density at radius 1 is 1.50 bits per heavy atom. The number of rotatable bonds is 7. The summed E-state index contributed by atoms with van der Waals surface area (Å²) in [5.41, 5.74) is 0.533. The molecule has 0 aliphatic carbocycles. The van der Waals surface area contributed by atoms with Crippen LogP contribution in [0.15, 0.2) is 17.1 Å². The van der Waals surface area contributed by atoms with Crippen LogP contribution in [0.5, 0.6) is 0 Å². The van der Waals surface area contributed by atoms with Crippen LogP contribution in [0.1, 0.15) is 22.5 Å². The van der Waals surface area contributed by atoms with Gasteiger partial charge in [0, 0.05) is 31.1 Å². The number of carbonyl (C=O) groups is 1. The van der Waals surface area contributed by atoms with E-state index in [0.29, 0.717) is 31.9 Å². The van der Waals surface area contributed by atoms with E-state index in [0.717, 1.165) is 0 Å². The summed E-state index contributed by atoms with van der Waals surface area (Å²) in [6.07, 6.45) is 2.05. The molecule has 1 heterocycles. The number of nitrogens with one attached hydrogen (secondary N) is 2. The first kappa shape index (κ1) is 14.4. The van der Waals surface area contributed by atoms with E-state index in [1.54, 1.807) is 6.92 Å². The minimum atomic E-state index is -0.390. The number of aryl methyl sites for hydroxylation is 1. The molecule has 1 rings (SSSR count). The highest BCUT2D eigenvalue weighted by Gasteiger charge is 2.08. The summed E-state index contributed by atoms with van der Waals surface area (Å²) < 4.78 is 5.04. The van der Waals surface area contributed by atoms with E-state index < -0.39 is 5.91 Å². The summed E-state index contributed by atoms with van der Waals surface area (Å²) in [4.78, 5) is 26.0. The number of aliphatic hydroxyl groups is 1. The van der Waals surface area contributed by atoms with Crippen LogP contribution >= 0.6 is 0 Å². The molecule has 1 amide bonds. The molecule has 0 unspecified atom stereocenters. The van der Waals surface area contributed by atoms with Crippen LogP contribution in [-0.2, 0) is 4.74 Å². The molecule has 1 aromatic heterocycles. The minimum absolute atomic E-state index is 0.00883. The Balaban J connectivity index is 2.34. The number of aromatic amines is 1. The van der Waals surface area contributed by atoms with Gasteiger partial charge in [-0.1, -0.05) is 0 Å². The van der Waals surface area contributed by atoms with Gasteiger partial charge in [-0.3, -0.25) is 9.59 Å². The zero-order valence-electron chi connectivity index (χ0n) is 10.4. The van der Waals surface area contributed by atoms with Crippen molar-refractivity contribution in [1.82, 2.24) is 10.3 Å². The van der Waals surface area contributed by atoms with Crippen LogP contribution in [0.4, 0.5) is 0 Å². The van der Waals surface area contributed by atoms with Crippen molar-refractivity contribution in [2.45, 2.75) is 13.3 Å². The number of H-pyrrole nitrogens is 1. The van der Waals surface area contributed by atoms with Crippen LogP contribution in [0.2, 0.25) is 0 Å². The Kier molecular flexibility index (Phi) is 6.10. The Hall–Kier alpha value is -1.66. The molecule has 6 nitrogen and oxygen atoms in total. The number of aliphatic hydroxyl groups excluding tert-OH is 1. The second-order valence-electron chi connectivity index (χ2n) is 3.84.